The van der Waals surface area contributed by atoms with E-state index in [4.69, 9.17) is 5.84 Å². The highest BCUT2D eigenvalue weighted by atomic mass is 16.2. The average molecular weight is 246 g/mol. The van der Waals surface area contributed by atoms with Gasteiger partial charge in [-0.05, 0) is 32.9 Å². The molecule has 0 fully saturated rings. The highest BCUT2D eigenvalue weighted by Crippen LogP contribution is 2.23. The lowest BCUT2D eigenvalue weighted by atomic mass is 9.92. The molecule has 18 heavy (non-hydrogen) atoms. The first-order valence-electron chi connectivity index (χ1n) is 5.88. The summed E-state index contributed by atoms with van der Waals surface area (Å²) < 4.78 is 2.05. The van der Waals surface area contributed by atoms with E-state index >= 15 is 0 Å². The number of hydrogen-bond acceptors (Lipinski definition) is 3. The number of carbonyl (C=O) groups is 1. The maximum absolute atomic E-state index is 11.7. The Hall–Kier alpha value is -1.88. The maximum Gasteiger partial charge on any atom is 0.241 e. The molecule has 0 unspecified atom stereocenters. The molecule has 1 aromatic heterocycles. The first-order chi connectivity index (χ1) is 8.45. The lowest BCUT2D eigenvalue weighted by molar-refractivity contribution is -0.130. The van der Waals surface area contributed by atoms with Gasteiger partial charge in [-0.25, -0.2) is 10.8 Å². The van der Waals surface area contributed by atoms with Crippen LogP contribution in [0.5, 0.6) is 0 Å². The molecule has 1 aromatic carbocycles. The molecule has 0 radical (unpaired) electrons. The number of aromatic nitrogens is 2. The minimum absolute atomic E-state index is 0.181. The number of aryl methyl sites for hydroxylation is 1. The number of nitrogens with one attached hydrogen (secondary N) is 1. The molecule has 1 amide bonds. The average Bonchev–Trinajstić information content (AvgIpc) is 2.65. The van der Waals surface area contributed by atoms with Crippen molar-refractivity contribution in [3.8, 4) is 0 Å². The van der Waals surface area contributed by atoms with Crippen LogP contribution in [0.15, 0.2) is 24.3 Å². The van der Waals surface area contributed by atoms with Crippen molar-refractivity contribution in [2.45, 2.75) is 27.3 Å². The second-order valence-corrected chi connectivity index (χ2v) is 5.09. The van der Waals surface area contributed by atoms with Gasteiger partial charge >= 0.3 is 0 Å². The second kappa shape index (κ2) is 4.42. The summed E-state index contributed by atoms with van der Waals surface area (Å²) in [6.07, 6.45) is 0. The molecule has 0 saturated carbocycles. The number of nitrogens with two attached hydrogens (primary N) is 1. The molecule has 1 heterocycles. The van der Waals surface area contributed by atoms with Crippen LogP contribution in [-0.2, 0) is 11.3 Å². The van der Waals surface area contributed by atoms with Crippen molar-refractivity contribution >= 4 is 16.9 Å². The van der Waals surface area contributed by atoms with Gasteiger partial charge < -0.3 is 4.57 Å². The highest BCUT2D eigenvalue weighted by molar-refractivity contribution is 5.82. The molecule has 5 nitrogen and oxygen atoms in total. The third-order valence-electron chi connectivity index (χ3n) is 3.14. The number of hydrogen-bond donors (Lipinski definition) is 2. The molecule has 3 N–H and O–H groups in total. The molecule has 2 aromatic rings. The molecule has 0 bridgehead atoms. The van der Waals surface area contributed by atoms with E-state index in [1.807, 2.05) is 49.6 Å². The van der Waals surface area contributed by atoms with Crippen LogP contribution in [0.1, 0.15) is 19.7 Å². The maximum atomic E-state index is 11.7. The van der Waals surface area contributed by atoms with E-state index in [2.05, 4.69) is 10.4 Å². The van der Waals surface area contributed by atoms with Gasteiger partial charge in [0.2, 0.25) is 5.91 Å². The van der Waals surface area contributed by atoms with Crippen LogP contribution in [0.3, 0.4) is 0 Å². The fourth-order valence-corrected chi connectivity index (χ4v) is 2.06. The van der Waals surface area contributed by atoms with Gasteiger partial charge in [0, 0.05) is 6.54 Å². The molecular weight excluding hydrogens is 228 g/mol. The van der Waals surface area contributed by atoms with Crippen LogP contribution in [0, 0.1) is 12.3 Å². The molecule has 0 atom stereocenters. The summed E-state index contributed by atoms with van der Waals surface area (Å²) in [5.74, 6) is 5.93. The number of carbonyl (C=O) groups excluding carboxylic acids is 1. The first-order valence-corrected chi connectivity index (χ1v) is 5.88. The van der Waals surface area contributed by atoms with Gasteiger partial charge in [-0.1, -0.05) is 12.1 Å². The van der Waals surface area contributed by atoms with Crippen molar-refractivity contribution in [1.82, 2.24) is 15.0 Å². The molecule has 0 spiro atoms. The zero-order valence-electron chi connectivity index (χ0n) is 10.9. The van der Waals surface area contributed by atoms with Crippen LogP contribution >= 0.6 is 0 Å². The van der Waals surface area contributed by atoms with Gasteiger partial charge in [-0.15, -0.1) is 0 Å². The molecule has 0 aliphatic heterocycles. The molecule has 0 aliphatic carbocycles. The Labute approximate surface area is 106 Å². The summed E-state index contributed by atoms with van der Waals surface area (Å²) in [5, 5.41) is 0. The molecule has 96 valence electrons. The second-order valence-electron chi connectivity index (χ2n) is 5.09. The van der Waals surface area contributed by atoms with Crippen molar-refractivity contribution in [2.24, 2.45) is 11.3 Å². The number of rotatable bonds is 3. The van der Waals surface area contributed by atoms with Crippen LogP contribution < -0.4 is 11.3 Å². The minimum Gasteiger partial charge on any atom is -0.327 e. The van der Waals surface area contributed by atoms with Crippen LogP contribution in [0.2, 0.25) is 0 Å². The zero-order valence-corrected chi connectivity index (χ0v) is 10.9. The Kier molecular flexibility index (Phi) is 3.09. The Morgan fingerprint density at radius 3 is 2.78 bits per heavy atom. The Morgan fingerprint density at radius 2 is 2.11 bits per heavy atom. The summed E-state index contributed by atoms with van der Waals surface area (Å²) in [6, 6.07) is 7.90. The monoisotopic (exact) mass is 246 g/mol. The summed E-state index contributed by atoms with van der Waals surface area (Å²) in [6.45, 7) is 6.21. The molecule has 5 heteroatoms. The van der Waals surface area contributed by atoms with Crippen molar-refractivity contribution in [3.63, 3.8) is 0 Å². The van der Waals surface area contributed by atoms with Crippen molar-refractivity contribution in [2.75, 3.05) is 0 Å². The van der Waals surface area contributed by atoms with Gasteiger partial charge in [0.25, 0.3) is 0 Å². The lowest BCUT2D eigenvalue weighted by Gasteiger charge is -2.23. The summed E-state index contributed by atoms with van der Waals surface area (Å²) in [7, 11) is 0. The summed E-state index contributed by atoms with van der Waals surface area (Å²) in [5.41, 5.74) is 3.61. The van der Waals surface area contributed by atoms with E-state index in [1.54, 1.807) is 0 Å². The van der Waals surface area contributed by atoms with Crippen LogP contribution in [0.4, 0.5) is 0 Å². The Balaban J connectivity index is 2.43. The van der Waals surface area contributed by atoms with Crippen molar-refractivity contribution in [1.29, 1.82) is 0 Å². The highest BCUT2D eigenvalue weighted by Gasteiger charge is 2.28. The number of imidazole rings is 1. The number of benzene rings is 1. The van der Waals surface area contributed by atoms with Gasteiger partial charge in [-0.3, -0.25) is 10.2 Å². The summed E-state index contributed by atoms with van der Waals surface area (Å²) in [4.78, 5) is 16.2. The van der Waals surface area contributed by atoms with Crippen LogP contribution in [0.25, 0.3) is 11.0 Å². The standard InChI is InChI=1S/C13H18N4O/c1-9-15-10-6-4-5-7-11(10)17(9)8-13(2,3)12(18)16-14/h4-7H,8,14H2,1-3H3,(H,16,18). The van der Waals surface area contributed by atoms with Crippen molar-refractivity contribution < 1.29 is 4.79 Å². The number of amides is 1. The Bertz CT molecular complexity index is 586. The zero-order chi connectivity index (χ0) is 13.3. The predicted octanol–water partition coefficient (Wildman–Crippen LogP) is 1.36. The van der Waals surface area contributed by atoms with Crippen molar-refractivity contribution in [3.05, 3.63) is 30.1 Å². The third kappa shape index (κ3) is 2.09. The van der Waals surface area contributed by atoms with Gasteiger partial charge in [-0.2, -0.15) is 0 Å². The smallest absolute Gasteiger partial charge is 0.241 e. The van der Waals surface area contributed by atoms with E-state index in [1.165, 1.54) is 0 Å². The normalized spacial score (nSPS) is 11.8. The largest absolute Gasteiger partial charge is 0.327 e. The molecular formula is C13H18N4O. The topological polar surface area (TPSA) is 72.9 Å². The lowest BCUT2D eigenvalue weighted by Crippen LogP contribution is -2.43. The number of hydrazine groups is 1. The predicted molar refractivity (Wildman–Crippen MR) is 70.6 cm³/mol. The number of fused-ring (bicyclic) bond motifs is 1. The number of para-hydroxylation sites is 2. The fourth-order valence-electron chi connectivity index (χ4n) is 2.06. The quantitative estimate of drug-likeness (QED) is 0.488. The third-order valence-corrected chi connectivity index (χ3v) is 3.14. The van der Waals surface area contributed by atoms with Gasteiger partial charge in [0.15, 0.2) is 0 Å². The molecule has 2 rings (SSSR count). The molecule has 0 saturated heterocycles. The van der Waals surface area contributed by atoms with E-state index in [0.717, 1.165) is 16.9 Å². The van der Waals surface area contributed by atoms with Gasteiger partial charge in [0.05, 0.1) is 16.4 Å². The summed E-state index contributed by atoms with van der Waals surface area (Å²) >= 11 is 0. The van der Waals surface area contributed by atoms with E-state index in [-0.39, 0.29) is 5.91 Å². The number of nitrogens with zero attached hydrogens (tertiary/aromatic N) is 2. The van der Waals surface area contributed by atoms with Gasteiger partial charge in [0.1, 0.15) is 5.82 Å². The minimum atomic E-state index is -0.580. The SMILES string of the molecule is Cc1nc2ccccc2n1CC(C)(C)C(=O)NN. The Morgan fingerprint density at radius 1 is 1.44 bits per heavy atom. The van der Waals surface area contributed by atoms with E-state index in [9.17, 15) is 4.79 Å². The first kappa shape index (κ1) is 12.6. The van der Waals surface area contributed by atoms with Crippen LogP contribution in [-0.4, -0.2) is 15.5 Å². The van der Waals surface area contributed by atoms with E-state index in [0.29, 0.717) is 6.54 Å². The van der Waals surface area contributed by atoms with E-state index < -0.39 is 5.41 Å². The fraction of sp³-hybridized carbons (Fsp3) is 0.385. The molecule has 0 aliphatic rings.